The van der Waals surface area contributed by atoms with Crippen molar-refractivity contribution in [3.05, 3.63) is 0 Å². The van der Waals surface area contributed by atoms with Crippen LogP contribution < -0.4 is 9.86 Å². The molecule has 7 heteroatoms. The fourth-order valence-electron chi connectivity index (χ4n) is 1.03. The van der Waals surface area contributed by atoms with Crippen LogP contribution in [0.5, 0.6) is 0 Å². The Morgan fingerprint density at radius 2 is 1.86 bits per heavy atom. The number of hydrogen-bond donors (Lipinski definition) is 2. The molecule has 1 amide bonds. The zero-order chi connectivity index (χ0) is 11.2. The van der Waals surface area contributed by atoms with Crippen LogP contribution in [0.15, 0.2) is 0 Å². The molecule has 0 rings (SSSR count). The van der Waals surface area contributed by atoms with Gasteiger partial charge in [0.15, 0.2) is 0 Å². The summed E-state index contributed by atoms with van der Waals surface area (Å²) in [5, 5.41) is 4.70. The Kier molecular flexibility index (Phi) is 5.66. The van der Waals surface area contributed by atoms with Gasteiger partial charge in [-0.3, -0.25) is 4.79 Å². The number of carbonyl (C=O) groups excluding carboxylic acids is 1. The molecule has 0 heterocycles. The van der Waals surface area contributed by atoms with Crippen molar-refractivity contribution < 1.29 is 13.2 Å². The maximum atomic E-state index is 11.3. The quantitative estimate of drug-likeness (QED) is 0.607. The van der Waals surface area contributed by atoms with Gasteiger partial charge in [0.1, 0.15) is 0 Å². The lowest BCUT2D eigenvalue weighted by Gasteiger charge is -2.18. The standard InChI is InChI=1S/C7H17N3O3S/c1-3-10(4-2)7(11)5-6-9-14(8,12)13/h9H,3-6H2,1-2H3,(H2,8,12,13). The van der Waals surface area contributed by atoms with Crippen LogP contribution in [-0.4, -0.2) is 38.9 Å². The van der Waals surface area contributed by atoms with Gasteiger partial charge in [0.25, 0.3) is 10.2 Å². The Morgan fingerprint density at radius 3 is 2.21 bits per heavy atom. The van der Waals surface area contributed by atoms with Crippen molar-refractivity contribution in [2.75, 3.05) is 19.6 Å². The number of hydrogen-bond acceptors (Lipinski definition) is 3. The highest BCUT2D eigenvalue weighted by atomic mass is 32.2. The second-order valence-electron chi connectivity index (χ2n) is 2.76. The lowest BCUT2D eigenvalue weighted by molar-refractivity contribution is -0.130. The summed E-state index contributed by atoms with van der Waals surface area (Å²) in [6.07, 6.45) is 0.137. The largest absolute Gasteiger partial charge is 0.343 e. The zero-order valence-corrected chi connectivity index (χ0v) is 9.30. The lowest BCUT2D eigenvalue weighted by Crippen LogP contribution is -2.36. The molecule has 14 heavy (non-hydrogen) atoms. The van der Waals surface area contributed by atoms with E-state index in [9.17, 15) is 13.2 Å². The summed E-state index contributed by atoms with van der Waals surface area (Å²) in [5.74, 6) is -0.0776. The molecule has 0 saturated carbocycles. The summed E-state index contributed by atoms with van der Waals surface area (Å²) < 4.78 is 23.0. The van der Waals surface area contributed by atoms with E-state index in [1.165, 1.54) is 0 Å². The van der Waals surface area contributed by atoms with Crippen LogP contribution >= 0.6 is 0 Å². The molecule has 0 fully saturated rings. The monoisotopic (exact) mass is 223 g/mol. The maximum absolute atomic E-state index is 11.3. The number of rotatable bonds is 6. The summed E-state index contributed by atoms with van der Waals surface area (Å²) in [6.45, 7) is 5.05. The highest BCUT2D eigenvalue weighted by Gasteiger charge is 2.09. The van der Waals surface area contributed by atoms with E-state index in [-0.39, 0.29) is 18.9 Å². The van der Waals surface area contributed by atoms with Crippen LogP contribution in [0.4, 0.5) is 0 Å². The predicted molar refractivity (Wildman–Crippen MR) is 53.7 cm³/mol. The van der Waals surface area contributed by atoms with E-state index in [2.05, 4.69) is 4.72 Å². The molecule has 6 nitrogen and oxygen atoms in total. The van der Waals surface area contributed by atoms with E-state index in [1.807, 2.05) is 13.8 Å². The third-order valence-electron chi connectivity index (χ3n) is 1.76. The molecule has 0 bridgehead atoms. The Labute approximate surface area is 84.6 Å². The fraction of sp³-hybridized carbons (Fsp3) is 0.857. The summed E-state index contributed by atoms with van der Waals surface area (Å²) in [5.41, 5.74) is 0. The van der Waals surface area contributed by atoms with Gasteiger partial charge in [0, 0.05) is 26.1 Å². The molecule has 3 N–H and O–H groups in total. The first-order valence-electron chi connectivity index (χ1n) is 4.45. The van der Waals surface area contributed by atoms with Gasteiger partial charge < -0.3 is 4.90 Å². The van der Waals surface area contributed by atoms with E-state index in [1.54, 1.807) is 4.90 Å². The highest BCUT2D eigenvalue weighted by Crippen LogP contribution is 1.92. The molecule has 0 aromatic carbocycles. The SMILES string of the molecule is CCN(CC)C(=O)CCNS(N)(=O)=O. The van der Waals surface area contributed by atoms with Gasteiger partial charge in [-0.15, -0.1) is 0 Å². The second-order valence-corrected chi connectivity index (χ2v) is 4.13. The van der Waals surface area contributed by atoms with Crippen molar-refractivity contribution in [2.24, 2.45) is 5.14 Å². The number of nitrogens with two attached hydrogens (primary N) is 1. The number of nitrogens with zero attached hydrogens (tertiary/aromatic N) is 1. The highest BCUT2D eigenvalue weighted by molar-refractivity contribution is 7.87. The fourth-order valence-corrected chi connectivity index (χ4v) is 1.42. The molecule has 84 valence electrons. The van der Waals surface area contributed by atoms with Gasteiger partial charge in [-0.2, -0.15) is 8.42 Å². The van der Waals surface area contributed by atoms with Gasteiger partial charge in [-0.05, 0) is 13.8 Å². The van der Waals surface area contributed by atoms with Crippen molar-refractivity contribution in [1.82, 2.24) is 9.62 Å². The summed E-state index contributed by atoms with van der Waals surface area (Å²) >= 11 is 0. The van der Waals surface area contributed by atoms with Gasteiger partial charge in [0.2, 0.25) is 5.91 Å². The Hall–Kier alpha value is -0.660. The lowest BCUT2D eigenvalue weighted by atomic mass is 10.3. The zero-order valence-electron chi connectivity index (χ0n) is 8.49. The van der Waals surface area contributed by atoms with Crippen LogP contribution in [0, 0.1) is 0 Å². The van der Waals surface area contributed by atoms with E-state index in [0.717, 1.165) is 0 Å². The molecule has 0 aliphatic rings. The average molecular weight is 223 g/mol. The van der Waals surface area contributed by atoms with Gasteiger partial charge in [0.05, 0.1) is 0 Å². The molecule has 0 atom stereocenters. The van der Waals surface area contributed by atoms with E-state index >= 15 is 0 Å². The minimum absolute atomic E-state index is 0.0498. The van der Waals surface area contributed by atoms with Crippen LogP contribution in [0.1, 0.15) is 20.3 Å². The minimum atomic E-state index is -3.68. The molecule has 0 aromatic rings. The van der Waals surface area contributed by atoms with Crippen molar-refractivity contribution in [3.8, 4) is 0 Å². The molecule has 0 aliphatic heterocycles. The first kappa shape index (κ1) is 13.3. The summed E-state index contributed by atoms with van der Waals surface area (Å²) in [6, 6.07) is 0. The van der Waals surface area contributed by atoms with Gasteiger partial charge in [-0.25, -0.2) is 9.86 Å². The van der Waals surface area contributed by atoms with Crippen molar-refractivity contribution in [3.63, 3.8) is 0 Å². The Morgan fingerprint density at radius 1 is 1.36 bits per heavy atom. The second kappa shape index (κ2) is 5.94. The molecule has 0 spiro atoms. The first-order valence-corrected chi connectivity index (χ1v) is 6.00. The smallest absolute Gasteiger partial charge is 0.274 e. The number of carbonyl (C=O) groups is 1. The van der Waals surface area contributed by atoms with Gasteiger partial charge in [-0.1, -0.05) is 0 Å². The van der Waals surface area contributed by atoms with E-state index in [4.69, 9.17) is 5.14 Å². The molecule has 0 radical (unpaired) electrons. The van der Waals surface area contributed by atoms with Crippen LogP contribution in [0.25, 0.3) is 0 Å². The summed E-state index contributed by atoms with van der Waals surface area (Å²) in [7, 11) is -3.68. The van der Waals surface area contributed by atoms with Crippen molar-refractivity contribution >= 4 is 16.1 Å². The van der Waals surface area contributed by atoms with Crippen LogP contribution in [0.2, 0.25) is 0 Å². The minimum Gasteiger partial charge on any atom is -0.343 e. The topological polar surface area (TPSA) is 92.5 Å². The molecule has 0 unspecified atom stereocenters. The Bertz CT molecular complexity index is 272. The van der Waals surface area contributed by atoms with Crippen LogP contribution in [0.3, 0.4) is 0 Å². The normalized spacial score (nSPS) is 11.4. The predicted octanol–water partition coefficient (Wildman–Crippen LogP) is -0.962. The van der Waals surface area contributed by atoms with Crippen molar-refractivity contribution in [1.29, 1.82) is 0 Å². The Balaban J connectivity index is 3.85. The third kappa shape index (κ3) is 5.90. The molecule has 0 saturated heterocycles. The number of amides is 1. The molecular weight excluding hydrogens is 206 g/mol. The molecule has 0 aliphatic carbocycles. The third-order valence-corrected chi connectivity index (χ3v) is 2.36. The van der Waals surface area contributed by atoms with E-state index in [0.29, 0.717) is 13.1 Å². The molecular formula is C7H17N3O3S. The molecule has 0 aromatic heterocycles. The van der Waals surface area contributed by atoms with Crippen molar-refractivity contribution in [2.45, 2.75) is 20.3 Å². The number of nitrogens with one attached hydrogen (secondary N) is 1. The van der Waals surface area contributed by atoms with E-state index < -0.39 is 10.2 Å². The van der Waals surface area contributed by atoms with Crippen LogP contribution in [-0.2, 0) is 15.0 Å². The average Bonchev–Trinajstić information content (AvgIpc) is 2.04. The summed E-state index contributed by atoms with van der Waals surface area (Å²) in [4.78, 5) is 13.0. The maximum Gasteiger partial charge on any atom is 0.274 e. The van der Waals surface area contributed by atoms with Gasteiger partial charge >= 0.3 is 0 Å². The first-order chi connectivity index (χ1) is 6.40.